The van der Waals surface area contributed by atoms with Gasteiger partial charge >= 0.3 is 0 Å². The number of nitrogens with one attached hydrogen (secondary N) is 1. The van der Waals surface area contributed by atoms with Crippen LogP contribution in [0.1, 0.15) is 50.6 Å². The van der Waals surface area contributed by atoms with E-state index in [1.54, 1.807) is 0 Å². The normalized spacial score (nSPS) is 32.0. The quantitative estimate of drug-likeness (QED) is 0.803. The summed E-state index contributed by atoms with van der Waals surface area (Å²) in [5.41, 5.74) is 1.51. The van der Waals surface area contributed by atoms with E-state index in [4.69, 9.17) is 0 Å². The van der Waals surface area contributed by atoms with Crippen LogP contribution >= 0.6 is 27.3 Å². The van der Waals surface area contributed by atoms with E-state index in [0.29, 0.717) is 6.04 Å². The Morgan fingerprint density at radius 3 is 2.61 bits per heavy atom. The Bertz CT molecular complexity index is 391. The summed E-state index contributed by atoms with van der Waals surface area (Å²) in [4.78, 5) is 0. The highest BCUT2D eigenvalue weighted by Crippen LogP contribution is 2.61. The smallest absolute Gasteiger partial charge is 0.0373 e. The second kappa shape index (κ2) is 5.64. The van der Waals surface area contributed by atoms with Crippen molar-refractivity contribution in [2.24, 2.45) is 17.8 Å². The van der Waals surface area contributed by atoms with Crippen LogP contribution in [-0.2, 0) is 0 Å². The molecule has 3 heteroatoms. The van der Waals surface area contributed by atoms with Crippen LogP contribution in [0.4, 0.5) is 0 Å². The lowest BCUT2D eigenvalue weighted by molar-refractivity contribution is 0.445. The van der Waals surface area contributed by atoms with Crippen molar-refractivity contribution in [1.82, 2.24) is 5.32 Å². The van der Waals surface area contributed by atoms with Crippen LogP contribution < -0.4 is 5.32 Å². The fraction of sp³-hybridized carbons (Fsp3) is 0.733. The van der Waals surface area contributed by atoms with Crippen LogP contribution in [0, 0.1) is 17.8 Å². The molecule has 3 atom stereocenters. The van der Waals surface area contributed by atoms with Gasteiger partial charge in [0.1, 0.15) is 0 Å². The number of halogens is 1. The third kappa shape index (κ3) is 2.41. The average Bonchev–Trinajstić information content (AvgIpc) is 2.96. The lowest BCUT2D eigenvalue weighted by atomic mass is 10.0. The number of hydrogen-bond acceptors (Lipinski definition) is 2. The Kier molecular flexibility index (Phi) is 4.12. The minimum absolute atomic E-state index is 0.596. The van der Waals surface area contributed by atoms with Crippen LogP contribution in [0.2, 0.25) is 0 Å². The zero-order valence-corrected chi connectivity index (χ0v) is 13.4. The van der Waals surface area contributed by atoms with Crippen molar-refractivity contribution < 1.29 is 0 Å². The molecule has 0 aromatic carbocycles. The van der Waals surface area contributed by atoms with Crippen LogP contribution in [0.5, 0.6) is 0 Å². The van der Waals surface area contributed by atoms with E-state index in [0.717, 1.165) is 24.3 Å². The Balaban J connectivity index is 1.76. The first kappa shape index (κ1) is 13.1. The van der Waals surface area contributed by atoms with E-state index in [1.165, 1.54) is 42.1 Å². The molecular formula is C15H22BrNS. The van der Waals surface area contributed by atoms with Crippen LogP contribution in [-0.4, -0.2) is 6.54 Å². The van der Waals surface area contributed by atoms with E-state index in [-0.39, 0.29) is 0 Å². The predicted octanol–water partition coefficient (Wildman–Crippen LogP) is 4.99. The highest BCUT2D eigenvalue weighted by Gasteiger charge is 2.54. The van der Waals surface area contributed by atoms with E-state index >= 15 is 0 Å². The molecule has 0 amide bonds. The molecule has 3 unspecified atom stereocenters. The molecule has 2 aliphatic rings. The number of rotatable bonds is 5. The standard InChI is InChI=1S/C15H22BrNS/c1-2-7-17-15(12-8-18-9-13(12)16)14-10-5-3-4-6-11(10)14/h8-11,14-15,17H,2-7H2,1H3. The van der Waals surface area contributed by atoms with Crippen molar-refractivity contribution in [2.45, 2.75) is 45.1 Å². The van der Waals surface area contributed by atoms with Gasteiger partial charge in [0, 0.05) is 15.9 Å². The van der Waals surface area contributed by atoms with E-state index in [9.17, 15) is 0 Å². The summed E-state index contributed by atoms with van der Waals surface area (Å²) in [6, 6.07) is 0.596. The molecule has 0 saturated heterocycles. The zero-order chi connectivity index (χ0) is 12.5. The van der Waals surface area contributed by atoms with Crippen LogP contribution in [0.25, 0.3) is 0 Å². The maximum absolute atomic E-state index is 3.81. The van der Waals surface area contributed by atoms with Crippen LogP contribution in [0.3, 0.4) is 0 Å². The first-order valence-corrected chi connectivity index (χ1v) is 9.01. The van der Waals surface area contributed by atoms with Crippen LogP contribution in [0.15, 0.2) is 15.2 Å². The molecule has 3 rings (SSSR count). The maximum Gasteiger partial charge on any atom is 0.0373 e. The van der Waals surface area contributed by atoms with Crippen molar-refractivity contribution in [1.29, 1.82) is 0 Å². The predicted molar refractivity (Wildman–Crippen MR) is 82.0 cm³/mol. The van der Waals surface area contributed by atoms with E-state index < -0.39 is 0 Å². The molecule has 100 valence electrons. The summed E-state index contributed by atoms with van der Waals surface area (Å²) in [6.07, 6.45) is 7.09. The largest absolute Gasteiger partial charge is 0.310 e. The Hall–Kier alpha value is 0.140. The Morgan fingerprint density at radius 1 is 1.33 bits per heavy atom. The summed E-state index contributed by atoms with van der Waals surface area (Å²) in [5, 5.41) is 8.37. The second-order valence-corrected chi connectivity index (χ2v) is 7.39. The highest BCUT2D eigenvalue weighted by atomic mass is 79.9. The molecule has 1 aromatic heterocycles. The van der Waals surface area contributed by atoms with Crippen molar-refractivity contribution in [3.63, 3.8) is 0 Å². The third-order valence-corrected chi connectivity index (χ3v) is 6.45. The molecule has 1 nitrogen and oxygen atoms in total. The molecule has 1 aromatic rings. The Morgan fingerprint density at radius 2 is 2.06 bits per heavy atom. The van der Waals surface area contributed by atoms with Gasteiger partial charge < -0.3 is 5.32 Å². The number of fused-ring (bicyclic) bond motifs is 1. The van der Waals surface area contributed by atoms with Gasteiger partial charge in [-0.05, 0) is 70.4 Å². The first-order valence-electron chi connectivity index (χ1n) is 7.28. The third-order valence-electron chi connectivity index (χ3n) is 4.70. The van der Waals surface area contributed by atoms with E-state index in [1.807, 2.05) is 11.3 Å². The molecule has 0 spiro atoms. The second-order valence-electron chi connectivity index (χ2n) is 5.80. The van der Waals surface area contributed by atoms with Crippen molar-refractivity contribution >= 4 is 27.3 Å². The molecule has 0 aliphatic heterocycles. The van der Waals surface area contributed by atoms with Crippen molar-refractivity contribution in [3.05, 3.63) is 20.8 Å². The van der Waals surface area contributed by atoms with Gasteiger partial charge in [0.25, 0.3) is 0 Å². The molecule has 18 heavy (non-hydrogen) atoms. The van der Waals surface area contributed by atoms with Gasteiger partial charge in [-0.3, -0.25) is 0 Å². The fourth-order valence-corrected chi connectivity index (χ4v) is 5.39. The SMILES string of the molecule is CCCNC(c1cscc1Br)C1C2CCCCC21. The monoisotopic (exact) mass is 327 g/mol. The fourth-order valence-electron chi connectivity index (χ4n) is 3.81. The molecule has 2 fully saturated rings. The molecule has 2 aliphatic carbocycles. The average molecular weight is 328 g/mol. The molecule has 1 heterocycles. The highest BCUT2D eigenvalue weighted by molar-refractivity contribution is 9.10. The van der Waals surface area contributed by atoms with Gasteiger partial charge in [-0.25, -0.2) is 0 Å². The van der Waals surface area contributed by atoms with Crippen molar-refractivity contribution in [3.8, 4) is 0 Å². The molecule has 0 bridgehead atoms. The maximum atomic E-state index is 3.81. The Labute approximate surface area is 122 Å². The van der Waals surface area contributed by atoms with Gasteiger partial charge in [0.2, 0.25) is 0 Å². The molecule has 0 radical (unpaired) electrons. The topological polar surface area (TPSA) is 12.0 Å². The first-order chi connectivity index (χ1) is 8.83. The molecule has 2 saturated carbocycles. The minimum Gasteiger partial charge on any atom is -0.310 e. The summed E-state index contributed by atoms with van der Waals surface area (Å²) >= 11 is 5.54. The van der Waals surface area contributed by atoms with Gasteiger partial charge in [-0.15, -0.1) is 0 Å². The van der Waals surface area contributed by atoms with Gasteiger partial charge in [-0.1, -0.05) is 19.8 Å². The molecular weight excluding hydrogens is 306 g/mol. The summed E-state index contributed by atoms with van der Waals surface area (Å²) in [6.45, 7) is 3.40. The van der Waals surface area contributed by atoms with E-state index in [2.05, 4.69) is 38.9 Å². The lowest BCUT2D eigenvalue weighted by Gasteiger charge is -2.19. The van der Waals surface area contributed by atoms with Gasteiger partial charge in [0.15, 0.2) is 0 Å². The zero-order valence-electron chi connectivity index (χ0n) is 11.0. The number of thiophene rings is 1. The number of hydrogen-bond donors (Lipinski definition) is 1. The van der Waals surface area contributed by atoms with Gasteiger partial charge in [-0.2, -0.15) is 11.3 Å². The van der Waals surface area contributed by atoms with Gasteiger partial charge in [0.05, 0.1) is 0 Å². The lowest BCUT2D eigenvalue weighted by Crippen LogP contribution is -2.24. The minimum atomic E-state index is 0.596. The summed E-state index contributed by atoms with van der Waals surface area (Å²) in [5.74, 6) is 2.93. The molecule has 1 N–H and O–H groups in total. The summed E-state index contributed by atoms with van der Waals surface area (Å²) < 4.78 is 1.31. The summed E-state index contributed by atoms with van der Waals surface area (Å²) in [7, 11) is 0. The van der Waals surface area contributed by atoms with Crippen molar-refractivity contribution in [2.75, 3.05) is 6.54 Å².